The molecule has 3 saturated carbocycles. The maximum atomic E-state index is 10.6. The van der Waals surface area contributed by atoms with E-state index in [1.807, 2.05) is 0 Å². The number of aliphatic hydroxyl groups excluding tert-OH is 2. The van der Waals surface area contributed by atoms with Gasteiger partial charge in [-0.1, -0.05) is 51.5 Å². The summed E-state index contributed by atoms with van der Waals surface area (Å²) in [5.74, 6) is 4.39. The van der Waals surface area contributed by atoms with Gasteiger partial charge in [-0.05, 0) is 98.7 Å². The van der Waals surface area contributed by atoms with Crippen LogP contribution in [0.25, 0.3) is 0 Å². The molecule has 29 heavy (non-hydrogen) atoms. The van der Waals surface area contributed by atoms with Crippen LogP contribution in [0.1, 0.15) is 85.5 Å². The molecule has 0 unspecified atom stereocenters. The number of hydrogen-bond acceptors (Lipinski definition) is 2. The molecule has 0 radical (unpaired) electrons. The molecule has 0 saturated heterocycles. The monoisotopic (exact) mass is 400 g/mol. The minimum absolute atomic E-state index is 0.0235. The van der Waals surface area contributed by atoms with Crippen molar-refractivity contribution in [3.05, 3.63) is 23.8 Å². The second-order valence-electron chi connectivity index (χ2n) is 11.7. The third-order valence-electron chi connectivity index (χ3n) is 9.84. The predicted molar refractivity (Wildman–Crippen MR) is 120 cm³/mol. The largest absolute Gasteiger partial charge is 0.395 e. The van der Waals surface area contributed by atoms with Gasteiger partial charge in [-0.3, -0.25) is 0 Å². The first-order chi connectivity index (χ1) is 13.8. The third kappa shape index (κ3) is 3.57. The summed E-state index contributed by atoms with van der Waals surface area (Å²) in [5.41, 5.74) is 1.83. The van der Waals surface area contributed by atoms with Gasteiger partial charge in [-0.25, -0.2) is 0 Å². The quantitative estimate of drug-likeness (QED) is 0.544. The van der Waals surface area contributed by atoms with Crippen molar-refractivity contribution in [1.29, 1.82) is 0 Å². The molecule has 2 heteroatoms. The minimum Gasteiger partial charge on any atom is -0.395 e. The highest BCUT2D eigenvalue weighted by molar-refractivity contribution is 5.26. The Hall–Kier alpha value is -0.600. The summed E-state index contributed by atoms with van der Waals surface area (Å²) in [5, 5.41) is 20.8. The molecule has 0 aromatic heterocycles. The number of fused-ring (bicyclic) bond motifs is 5. The Balaban J connectivity index is 1.55. The van der Waals surface area contributed by atoms with Crippen LogP contribution in [0.15, 0.2) is 23.8 Å². The molecule has 3 fully saturated rings. The first kappa shape index (κ1) is 21.6. The fourth-order valence-electron chi connectivity index (χ4n) is 8.34. The van der Waals surface area contributed by atoms with Crippen LogP contribution in [-0.4, -0.2) is 22.9 Å². The number of rotatable bonds is 5. The molecule has 2 N–H and O–H groups in total. The highest BCUT2D eigenvalue weighted by atomic mass is 16.3. The Morgan fingerprint density at radius 2 is 1.90 bits per heavy atom. The van der Waals surface area contributed by atoms with E-state index in [2.05, 4.69) is 45.9 Å². The Labute approximate surface area is 178 Å². The van der Waals surface area contributed by atoms with Crippen LogP contribution in [-0.2, 0) is 0 Å². The summed E-state index contributed by atoms with van der Waals surface area (Å²) in [4.78, 5) is 0. The highest BCUT2D eigenvalue weighted by Crippen LogP contribution is 2.67. The lowest BCUT2D eigenvalue weighted by atomic mass is 9.46. The molecule has 0 aliphatic heterocycles. The van der Waals surface area contributed by atoms with Crippen molar-refractivity contribution in [2.75, 3.05) is 6.61 Å². The van der Waals surface area contributed by atoms with Gasteiger partial charge in [0.1, 0.15) is 0 Å². The van der Waals surface area contributed by atoms with E-state index in [-0.39, 0.29) is 18.1 Å². The van der Waals surface area contributed by atoms with E-state index in [0.29, 0.717) is 17.3 Å². The zero-order valence-corrected chi connectivity index (χ0v) is 19.2. The lowest BCUT2D eigenvalue weighted by Gasteiger charge is -2.58. The van der Waals surface area contributed by atoms with Gasteiger partial charge in [-0.2, -0.15) is 0 Å². The normalized spacial score (nSPS) is 45.6. The Morgan fingerprint density at radius 1 is 1.10 bits per heavy atom. The van der Waals surface area contributed by atoms with Crippen LogP contribution < -0.4 is 0 Å². The summed E-state index contributed by atoms with van der Waals surface area (Å²) < 4.78 is 0. The highest BCUT2D eigenvalue weighted by Gasteiger charge is 2.60. The summed E-state index contributed by atoms with van der Waals surface area (Å²) >= 11 is 0. The van der Waals surface area contributed by atoms with Crippen molar-refractivity contribution >= 4 is 0 Å². The van der Waals surface area contributed by atoms with Gasteiger partial charge in [0.25, 0.3) is 0 Å². The number of hydrogen-bond donors (Lipinski definition) is 2. The Morgan fingerprint density at radius 3 is 2.62 bits per heavy atom. The molecule has 164 valence electrons. The molecule has 4 rings (SSSR count). The zero-order chi connectivity index (χ0) is 20.8. The Kier molecular flexibility index (Phi) is 6.08. The van der Waals surface area contributed by atoms with Gasteiger partial charge in [0.15, 0.2) is 0 Å². The smallest absolute Gasteiger partial charge is 0.0577 e. The van der Waals surface area contributed by atoms with Crippen LogP contribution in [0.5, 0.6) is 0 Å². The second-order valence-corrected chi connectivity index (χ2v) is 11.7. The molecule has 0 bridgehead atoms. The van der Waals surface area contributed by atoms with Crippen LogP contribution in [0.3, 0.4) is 0 Å². The molecule has 4 aliphatic carbocycles. The van der Waals surface area contributed by atoms with Gasteiger partial charge in [0.2, 0.25) is 0 Å². The fourth-order valence-corrected chi connectivity index (χ4v) is 8.34. The van der Waals surface area contributed by atoms with E-state index in [4.69, 9.17) is 0 Å². The number of aliphatic hydroxyl groups is 2. The van der Waals surface area contributed by atoms with E-state index >= 15 is 0 Å². The van der Waals surface area contributed by atoms with Crippen molar-refractivity contribution in [2.45, 2.75) is 91.6 Å². The third-order valence-corrected chi connectivity index (χ3v) is 9.84. The molecule has 0 heterocycles. The summed E-state index contributed by atoms with van der Waals surface area (Å²) in [6.07, 6.45) is 17.6. The van der Waals surface area contributed by atoms with E-state index in [0.717, 1.165) is 42.9 Å². The van der Waals surface area contributed by atoms with Crippen molar-refractivity contribution in [3.63, 3.8) is 0 Å². The molecule has 0 amide bonds. The molecule has 4 aliphatic rings. The molecule has 0 aromatic carbocycles. The second kappa shape index (κ2) is 8.15. The van der Waals surface area contributed by atoms with Gasteiger partial charge in [0, 0.05) is 5.41 Å². The average Bonchev–Trinajstić information content (AvgIpc) is 3.04. The summed E-state index contributed by atoms with van der Waals surface area (Å²) in [7, 11) is 0. The number of allylic oxidation sites excluding steroid dienone is 3. The van der Waals surface area contributed by atoms with E-state index in [1.165, 1.54) is 44.1 Å². The Bertz CT molecular complexity index is 649. The van der Waals surface area contributed by atoms with Gasteiger partial charge in [0.05, 0.1) is 12.7 Å². The topological polar surface area (TPSA) is 40.5 Å². The van der Waals surface area contributed by atoms with Crippen LogP contribution in [0.4, 0.5) is 0 Å². The molecule has 2 nitrogen and oxygen atoms in total. The predicted octanol–water partition coefficient (Wildman–Crippen LogP) is 6.14. The maximum absolute atomic E-state index is 10.6. The fraction of sp³-hybridized carbons (Fsp3) is 0.852. The maximum Gasteiger partial charge on any atom is 0.0577 e. The van der Waals surface area contributed by atoms with Crippen LogP contribution >= 0.6 is 0 Å². The van der Waals surface area contributed by atoms with Gasteiger partial charge < -0.3 is 10.2 Å². The molecular formula is C27H44O2. The van der Waals surface area contributed by atoms with Crippen molar-refractivity contribution in [2.24, 2.45) is 46.3 Å². The first-order valence-electron chi connectivity index (χ1n) is 12.5. The van der Waals surface area contributed by atoms with Gasteiger partial charge in [-0.15, -0.1) is 0 Å². The molecule has 0 spiro atoms. The van der Waals surface area contributed by atoms with E-state index in [9.17, 15) is 10.2 Å². The van der Waals surface area contributed by atoms with Crippen LogP contribution in [0, 0.1) is 46.3 Å². The standard InChI is InChI=1S/C27H44O2/c1-18(2)6-5-7-19(3)23-10-11-24-22-9-8-20-16-21(29)12-15-27(20,17-28)25(22)13-14-26(23,24)4/h5,7-8,18-19,21-25,28-29H,6,9-17H2,1-4H3/t19-,21+,22+,23-,24+,25+,26-,27-/m1/s1. The summed E-state index contributed by atoms with van der Waals surface area (Å²) in [6.45, 7) is 9.95. The molecular weight excluding hydrogens is 356 g/mol. The van der Waals surface area contributed by atoms with E-state index in [1.54, 1.807) is 0 Å². The lowest BCUT2D eigenvalue weighted by molar-refractivity contribution is -0.0774. The average molecular weight is 401 g/mol. The molecule has 0 aromatic rings. The summed E-state index contributed by atoms with van der Waals surface area (Å²) in [6, 6.07) is 0. The lowest BCUT2D eigenvalue weighted by Crippen LogP contribution is -2.53. The molecule has 8 atom stereocenters. The van der Waals surface area contributed by atoms with Crippen molar-refractivity contribution in [3.8, 4) is 0 Å². The van der Waals surface area contributed by atoms with E-state index < -0.39 is 0 Å². The van der Waals surface area contributed by atoms with Gasteiger partial charge >= 0.3 is 0 Å². The minimum atomic E-state index is -0.194. The van der Waals surface area contributed by atoms with Crippen LogP contribution in [0.2, 0.25) is 0 Å². The van der Waals surface area contributed by atoms with Crippen molar-refractivity contribution < 1.29 is 10.2 Å². The zero-order valence-electron chi connectivity index (χ0n) is 19.2. The SMILES string of the molecule is CC(C)CC=C[C@@H](C)[C@H]1CC[C@H]2[C@@H]3CC=C4C[C@@H](O)CC[C@]4(CO)[C@H]3CC[C@]12C. The van der Waals surface area contributed by atoms with Crippen molar-refractivity contribution in [1.82, 2.24) is 0 Å². The first-order valence-corrected chi connectivity index (χ1v) is 12.5.